The van der Waals surface area contributed by atoms with Crippen LogP contribution in [-0.2, 0) is 6.18 Å². The molecule has 2 aliphatic heterocycles. The van der Waals surface area contributed by atoms with Gasteiger partial charge in [-0.05, 0) is 24.3 Å². The molecule has 0 saturated carbocycles. The Bertz CT molecular complexity index is 1370. The number of carbonyl (C=O) groups excluding carboxylic acids is 2. The molecule has 2 amide bonds. The SMILES string of the molecule is O=C1Nc2ccc(F)c(F)c2Oc2nnc(N3CCN(C(=O)c4ccccc4C(F)(F)F)CC3)cc21. The van der Waals surface area contributed by atoms with Crippen molar-refractivity contribution < 1.29 is 36.3 Å². The molecule has 0 spiro atoms. The summed E-state index contributed by atoms with van der Waals surface area (Å²) in [6.45, 7) is 0.608. The lowest BCUT2D eigenvalue weighted by atomic mass is 10.1. The molecule has 3 heterocycles. The van der Waals surface area contributed by atoms with Crippen molar-refractivity contribution in [1.82, 2.24) is 15.1 Å². The first-order chi connectivity index (χ1) is 17.1. The second-order valence-electron chi connectivity index (χ2n) is 8.04. The predicted molar refractivity (Wildman–Crippen MR) is 116 cm³/mol. The summed E-state index contributed by atoms with van der Waals surface area (Å²) in [6, 6.07) is 7.95. The molecular weight excluding hydrogens is 489 g/mol. The number of hydrogen-bond acceptors (Lipinski definition) is 6. The van der Waals surface area contributed by atoms with Crippen LogP contribution in [0.25, 0.3) is 0 Å². The van der Waals surface area contributed by atoms with Crippen LogP contribution in [-0.4, -0.2) is 53.1 Å². The molecule has 0 bridgehead atoms. The second-order valence-corrected chi connectivity index (χ2v) is 8.04. The van der Waals surface area contributed by atoms with Crippen LogP contribution in [0.15, 0.2) is 42.5 Å². The fraction of sp³-hybridized carbons (Fsp3) is 0.217. The normalized spacial score (nSPS) is 15.4. The summed E-state index contributed by atoms with van der Waals surface area (Å²) in [5.74, 6) is -4.49. The van der Waals surface area contributed by atoms with Crippen molar-refractivity contribution in [3.05, 3.63) is 70.8 Å². The molecule has 2 aromatic carbocycles. The van der Waals surface area contributed by atoms with Gasteiger partial charge in [0.2, 0.25) is 5.82 Å². The number of nitrogens with zero attached hydrogens (tertiary/aromatic N) is 4. The number of halogens is 5. The lowest BCUT2D eigenvalue weighted by Gasteiger charge is -2.35. The van der Waals surface area contributed by atoms with E-state index < -0.39 is 46.5 Å². The zero-order valence-corrected chi connectivity index (χ0v) is 18.3. The third-order valence-electron chi connectivity index (χ3n) is 5.84. The number of anilines is 2. The lowest BCUT2D eigenvalue weighted by Crippen LogP contribution is -2.49. The lowest BCUT2D eigenvalue weighted by molar-refractivity contribution is -0.138. The van der Waals surface area contributed by atoms with Gasteiger partial charge in [0.05, 0.1) is 16.8 Å². The molecule has 13 heteroatoms. The van der Waals surface area contributed by atoms with Gasteiger partial charge in [0, 0.05) is 32.2 Å². The minimum absolute atomic E-state index is 0.0754. The Hall–Kier alpha value is -4.29. The van der Waals surface area contributed by atoms with E-state index in [0.717, 1.165) is 24.3 Å². The molecule has 1 N–H and O–H groups in total. The Balaban J connectivity index is 1.33. The molecule has 186 valence electrons. The molecule has 1 aromatic heterocycles. The van der Waals surface area contributed by atoms with E-state index in [1.165, 1.54) is 23.1 Å². The summed E-state index contributed by atoms with van der Waals surface area (Å²) in [5.41, 5.74) is -1.59. The number of ether oxygens (including phenoxy) is 1. The number of nitrogens with one attached hydrogen (secondary N) is 1. The Morgan fingerprint density at radius 2 is 1.72 bits per heavy atom. The Labute approximate surface area is 200 Å². The van der Waals surface area contributed by atoms with Crippen molar-refractivity contribution in [3.63, 3.8) is 0 Å². The number of fused-ring (bicyclic) bond motifs is 2. The van der Waals surface area contributed by atoms with Crippen LogP contribution in [0.1, 0.15) is 26.3 Å². The zero-order valence-electron chi connectivity index (χ0n) is 18.3. The first-order valence-corrected chi connectivity index (χ1v) is 10.7. The van der Waals surface area contributed by atoms with Gasteiger partial charge in [-0.15, -0.1) is 10.2 Å². The smallest absolute Gasteiger partial charge is 0.417 e. The van der Waals surface area contributed by atoms with Crippen LogP contribution in [0.4, 0.5) is 33.5 Å². The molecule has 1 fully saturated rings. The summed E-state index contributed by atoms with van der Waals surface area (Å²) in [7, 11) is 0. The monoisotopic (exact) mass is 505 g/mol. The maximum absolute atomic E-state index is 14.2. The van der Waals surface area contributed by atoms with Crippen LogP contribution in [0.2, 0.25) is 0 Å². The zero-order chi connectivity index (χ0) is 25.6. The van der Waals surface area contributed by atoms with Gasteiger partial charge in [-0.3, -0.25) is 9.59 Å². The summed E-state index contributed by atoms with van der Waals surface area (Å²) in [4.78, 5) is 28.5. The Morgan fingerprint density at radius 1 is 1.00 bits per heavy atom. The summed E-state index contributed by atoms with van der Waals surface area (Å²) < 4.78 is 73.0. The largest absolute Gasteiger partial charge is 0.431 e. The standard InChI is InChI=1S/C23H16F5N5O3/c24-15-5-6-16-19(18(15)25)36-21-13(20(34)29-16)11-17(30-31-21)32-7-9-33(10-8-32)22(35)12-3-1-2-4-14(12)23(26,27)28/h1-6,11H,7-10H2,(H,29,34). The van der Waals surface area contributed by atoms with E-state index in [-0.39, 0.29) is 49.1 Å². The number of aromatic nitrogens is 2. The molecule has 0 aliphatic carbocycles. The van der Waals surface area contributed by atoms with Gasteiger partial charge in [0.25, 0.3) is 17.7 Å². The fourth-order valence-corrected chi connectivity index (χ4v) is 4.01. The number of carbonyl (C=O) groups is 2. The highest BCUT2D eigenvalue weighted by Gasteiger charge is 2.36. The summed E-state index contributed by atoms with van der Waals surface area (Å²) in [5, 5.41) is 10.3. The number of amides is 2. The van der Waals surface area contributed by atoms with Gasteiger partial charge in [-0.1, -0.05) is 12.1 Å². The van der Waals surface area contributed by atoms with Crippen molar-refractivity contribution in [2.45, 2.75) is 6.18 Å². The minimum Gasteiger partial charge on any atom is -0.431 e. The molecule has 0 atom stereocenters. The third-order valence-corrected chi connectivity index (χ3v) is 5.84. The number of benzene rings is 2. The summed E-state index contributed by atoms with van der Waals surface area (Å²) in [6.07, 6.45) is -4.66. The van der Waals surface area contributed by atoms with E-state index in [2.05, 4.69) is 15.5 Å². The predicted octanol–water partition coefficient (Wildman–Crippen LogP) is 4.09. The highest BCUT2D eigenvalue weighted by molar-refractivity contribution is 6.08. The number of piperazine rings is 1. The average molecular weight is 505 g/mol. The maximum atomic E-state index is 14.2. The van der Waals surface area contributed by atoms with Crippen LogP contribution in [0.3, 0.4) is 0 Å². The van der Waals surface area contributed by atoms with Gasteiger partial charge < -0.3 is 19.9 Å². The van der Waals surface area contributed by atoms with E-state index in [9.17, 15) is 31.5 Å². The maximum Gasteiger partial charge on any atom is 0.417 e. The Morgan fingerprint density at radius 3 is 2.44 bits per heavy atom. The molecule has 3 aromatic rings. The van der Waals surface area contributed by atoms with Gasteiger partial charge in [0.15, 0.2) is 17.4 Å². The molecule has 0 unspecified atom stereocenters. The van der Waals surface area contributed by atoms with Crippen molar-refractivity contribution >= 4 is 23.3 Å². The van der Waals surface area contributed by atoms with E-state index >= 15 is 0 Å². The van der Waals surface area contributed by atoms with Crippen molar-refractivity contribution in [2.24, 2.45) is 0 Å². The summed E-state index contributed by atoms with van der Waals surface area (Å²) >= 11 is 0. The van der Waals surface area contributed by atoms with Gasteiger partial charge in [0.1, 0.15) is 5.56 Å². The molecule has 5 rings (SSSR count). The average Bonchev–Trinajstić information content (AvgIpc) is 3.01. The van der Waals surface area contributed by atoms with E-state index in [0.29, 0.717) is 0 Å². The van der Waals surface area contributed by atoms with Crippen LogP contribution >= 0.6 is 0 Å². The topological polar surface area (TPSA) is 87.7 Å². The molecule has 1 saturated heterocycles. The Kier molecular flexibility index (Phi) is 5.69. The quantitative estimate of drug-likeness (QED) is 0.528. The van der Waals surface area contributed by atoms with Crippen LogP contribution in [0.5, 0.6) is 11.6 Å². The van der Waals surface area contributed by atoms with Gasteiger partial charge in [-0.25, -0.2) is 4.39 Å². The molecule has 36 heavy (non-hydrogen) atoms. The first-order valence-electron chi connectivity index (χ1n) is 10.7. The highest BCUT2D eigenvalue weighted by atomic mass is 19.4. The molecule has 8 nitrogen and oxygen atoms in total. The van der Waals surface area contributed by atoms with Crippen molar-refractivity contribution in [3.8, 4) is 11.6 Å². The fourth-order valence-electron chi connectivity index (χ4n) is 4.01. The number of rotatable bonds is 2. The molecular formula is C23H16F5N5O3. The molecule has 0 radical (unpaired) electrons. The number of alkyl halides is 3. The van der Waals surface area contributed by atoms with E-state index in [1.54, 1.807) is 4.90 Å². The van der Waals surface area contributed by atoms with Gasteiger partial charge >= 0.3 is 6.18 Å². The van der Waals surface area contributed by atoms with E-state index in [4.69, 9.17) is 4.74 Å². The van der Waals surface area contributed by atoms with Crippen molar-refractivity contribution in [1.29, 1.82) is 0 Å². The van der Waals surface area contributed by atoms with E-state index in [1.807, 2.05) is 0 Å². The first kappa shape index (κ1) is 23.5. The van der Waals surface area contributed by atoms with Crippen molar-refractivity contribution in [2.75, 3.05) is 36.4 Å². The molecule has 2 aliphatic rings. The van der Waals surface area contributed by atoms with Crippen LogP contribution in [0, 0.1) is 11.6 Å². The van der Waals surface area contributed by atoms with Gasteiger partial charge in [-0.2, -0.15) is 17.6 Å². The highest BCUT2D eigenvalue weighted by Crippen LogP contribution is 2.38. The number of hydrogen-bond donors (Lipinski definition) is 1. The minimum atomic E-state index is -4.66. The van der Waals surface area contributed by atoms with Crippen LogP contribution < -0.4 is 15.0 Å². The third kappa shape index (κ3) is 4.16. The second kappa shape index (κ2) is 8.73.